The molecule has 1 aliphatic rings. The van der Waals surface area contributed by atoms with Gasteiger partial charge in [0.1, 0.15) is 5.75 Å². The van der Waals surface area contributed by atoms with E-state index < -0.39 is 0 Å². The van der Waals surface area contributed by atoms with E-state index in [-0.39, 0.29) is 5.91 Å². The molecule has 4 nitrogen and oxygen atoms in total. The normalized spacial score (nSPS) is 15.5. The molecule has 104 valence electrons. The van der Waals surface area contributed by atoms with Crippen molar-refractivity contribution in [1.29, 1.82) is 0 Å². The Balaban J connectivity index is 2.03. The average molecular weight is 374 g/mol. The molecule has 5 heteroatoms. The van der Waals surface area contributed by atoms with Gasteiger partial charge in [-0.05, 0) is 61.8 Å². The zero-order valence-electron chi connectivity index (χ0n) is 11.5. The minimum absolute atomic E-state index is 0.110. The zero-order chi connectivity index (χ0) is 14.0. The summed E-state index contributed by atoms with van der Waals surface area (Å²) in [4.78, 5) is 16.3. The van der Waals surface area contributed by atoms with Gasteiger partial charge in [0.15, 0.2) is 0 Å². The van der Waals surface area contributed by atoms with Crippen LogP contribution >= 0.6 is 22.6 Å². The molecule has 0 atom stereocenters. The number of likely N-dealkylation sites (tertiary alicyclic amines) is 1. The highest BCUT2D eigenvalue weighted by Gasteiger charge is 2.32. The van der Waals surface area contributed by atoms with Gasteiger partial charge in [-0.3, -0.25) is 4.79 Å². The number of carbonyl (C=O) groups is 1. The average Bonchev–Trinajstić information content (AvgIpc) is 2.29. The Bertz CT molecular complexity index is 471. The summed E-state index contributed by atoms with van der Waals surface area (Å²) in [5.41, 5.74) is 0.741. The molecule has 19 heavy (non-hydrogen) atoms. The minimum atomic E-state index is 0.110. The van der Waals surface area contributed by atoms with E-state index >= 15 is 0 Å². The lowest BCUT2D eigenvalue weighted by atomic mass is 10.1. The number of carbonyl (C=O) groups excluding carboxylic acids is 1. The molecule has 0 radical (unpaired) electrons. The molecule has 1 aromatic rings. The molecule has 1 aliphatic heterocycles. The Labute approximate surface area is 127 Å². The SMILES string of the molecule is CCOc1ccc(C(=O)N2CC(N(C)C)C2)cc1I. The van der Waals surface area contributed by atoms with Gasteiger partial charge in [0.25, 0.3) is 5.91 Å². The third-order valence-electron chi connectivity index (χ3n) is 3.36. The quantitative estimate of drug-likeness (QED) is 0.757. The van der Waals surface area contributed by atoms with Crippen LogP contribution in [0.15, 0.2) is 18.2 Å². The van der Waals surface area contributed by atoms with E-state index in [4.69, 9.17) is 4.74 Å². The standard InChI is InChI=1S/C14H19IN2O2/c1-4-19-13-6-5-10(7-12(13)15)14(18)17-8-11(9-17)16(2)3/h5-7,11H,4,8-9H2,1-3H3. The maximum absolute atomic E-state index is 12.3. The number of rotatable bonds is 4. The number of likely N-dealkylation sites (N-methyl/N-ethyl adjacent to an activating group) is 1. The number of hydrogen-bond acceptors (Lipinski definition) is 3. The van der Waals surface area contributed by atoms with Gasteiger partial charge in [-0.1, -0.05) is 0 Å². The molecule has 0 spiro atoms. The molecule has 0 saturated carbocycles. The third-order valence-corrected chi connectivity index (χ3v) is 4.20. The van der Waals surface area contributed by atoms with Crippen LogP contribution in [0.2, 0.25) is 0 Å². The van der Waals surface area contributed by atoms with Crippen molar-refractivity contribution in [2.45, 2.75) is 13.0 Å². The molecule has 2 rings (SSSR count). The van der Waals surface area contributed by atoms with Crippen LogP contribution in [0.5, 0.6) is 5.75 Å². The van der Waals surface area contributed by atoms with Crippen molar-refractivity contribution in [3.05, 3.63) is 27.3 Å². The van der Waals surface area contributed by atoms with E-state index in [2.05, 4.69) is 27.5 Å². The number of benzene rings is 1. The van der Waals surface area contributed by atoms with Crippen LogP contribution in [0.4, 0.5) is 0 Å². The molecule has 0 bridgehead atoms. The maximum atomic E-state index is 12.3. The second kappa shape index (κ2) is 6.09. The third kappa shape index (κ3) is 3.20. The lowest BCUT2D eigenvalue weighted by Crippen LogP contribution is -2.59. The second-order valence-electron chi connectivity index (χ2n) is 4.91. The number of amides is 1. The molecule has 0 N–H and O–H groups in total. The zero-order valence-corrected chi connectivity index (χ0v) is 13.7. The van der Waals surface area contributed by atoms with Crippen molar-refractivity contribution < 1.29 is 9.53 Å². The van der Waals surface area contributed by atoms with Gasteiger partial charge < -0.3 is 14.5 Å². The molecular formula is C14H19IN2O2. The van der Waals surface area contributed by atoms with E-state index in [0.29, 0.717) is 12.6 Å². The first-order valence-corrected chi connectivity index (χ1v) is 7.48. The van der Waals surface area contributed by atoms with Crippen LogP contribution in [-0.2, 0) is 0 Å². The fraction of sp³-hybridized carbons (Fsp3) is 0.500. The predicted molar refractivity (Wildman–Crippen MR) is 83.7 cm³/mol. The van der Waals surface area contributed by atoms with E-state index in [0.717, 1.165) is 28.0 Å². The van der Waals surface area contributed by atoms with E-state index in [1.165, 1.54) is 0 Å². The summed E-state index contributed by atoms with van der Waals surface area (Å²) in [6, 6.07) is 6.11. The molecule has 1 saturated heterocycles. The van der Waals surface area contributed by atoms with Gasteiger partial charge in [0, 0.05) is 24.7 Å². The number of ether oxygens (including phenoxy) is 1. The molecule has 1 amide bonds. The first-order valence-electron chi connectivity index (χ1n) is 6.41. The van der Waals surface area contributed by atoms with Crippen LogP contribution in [-0.4, -0.2) is 55.5 Å². The Morgan fingerprint density at radius 3 is 2.68 bits per heavy atom. The minimum Gasteiger partial charge on any atom is -0.493 e. The van der Waals surface area contributed by atoms with E-state index in [1.54, 1.807) is 0 Å². The maximum Gasteiger partial charge on any atom is 0.254 e. The molecule has 1 fully saturated rings. The Morgan fingerprint density at radius 2 is 2.16 bits per heavy atom. The highest BCUT2D eigenvalue weighted by Crippen LogP contribution is 2.24. The van der Waals surface area contributed by atoms with Crippen LogP contribution in [0.25, 0.3) is 0 Å². The van der Waals surface area contributed by atoms with Crippen molar-refractivity contribution >= 4 is 28.5 Å². The molecule has 0 unspecified atom stereocenters. The van der Waals surface area contributed by atoms with Crippen molar-refractivity contribution in [1.82, 2.24) is 9.80 Å². The van der Waals surface area contributed by atoms with Gasteiger partial charge in [-0.2, -0.15) is 0 Å². The van der Waals surface area contributed by atoms with Gasteiger partial charge in [-0.25, -0.2) is 0 Å². The smallest absolute Gasteiger partial charge is 0.254 e. The number of halogens is 1. The molecule has 0 aliphatic carbocycles. The van der Waals surface area contributed by atoms with Crippen molar-refractivity contribution in [2.24, 2.45) is 0 Å². The summed E-state index contributed by atoms with van der Waals surface area (Å²) in [5, 5.41) is 0. The van der Waals surface area contributed by atoms with Crippen molar-refractivity contribution in [3.63, 3.8) is 0 Å². The summed E-state index contributed by atoms with van der Waals surface area (Å²) in [6.07, 6.45) is 0. The lowest BCUT2D eigenvalue weighted by Gasteiger charge is -2.42. The molecular weight excluding hydrogens is 355 g/mol. The van der Waals surface area contributed by atoms with Crippen molar-refractivity contribution in [2.75, 3.05) is 33.8 Å². The first-order chi connectivity index (χ1) is 9.02. The van der Waals surface area contributed by atoms with Gasteiger partial charge in [0.05, 0.1) is 10.2 Å². The Hall–Kier alpha value is -0.820. The highest BCUT2D eigenvalue weighted by atomic mass is 127. The van der Waals surface area contributed by atoms with Crippen LogP contribution < -0.4 is 4.74 Å². The Morgan fingerprint density at radius 1 is 1.47 bits per heavy atom. The Kier molecular flexibility index (Phi) is 4.67. The summed E-state index contributed by atoms with van der Waals surface area (Å²) in [5.74, 6) is 0.952. The van der Waals surface area contributed by atoms with Gasteiger partial charge >= 0.3 is 0 Å². The monoisotopic (exact) mass is 374 g/mol. The summed E-state index contributed by atoms with van der Waals surface area (Å²) < 4.78 is 6.46. The number of hydrogen-bond donors (Lipinski definition) is 0. The molecule has 1 aromatic carbocycles. The number of nitrogens with zero attached hydrogens (tertiary/aromatic N) is 2. The van der Waals surface area contributed by atoms with Gasteiger partial charge in [0.2, 0.25) is 0 Å². The summed E-state index contributed by atoms with van der Waals surface area (Å²) in [7, 11) is 4.10. The fourth-order valence-corrected chi connectivity index (χ4v) is 2.71. The van der Waals surface area contributed by atoms with Crippen LogP contribution in [0, 0.1) is 3.57 Å². The molecule has 1 heterocycles. The van der Waals surface area contributed by atoms with E-state index in [1.807, 2.05) is 44.1 Å². The van der Waals surface area contributed by atoms with Crippen molar-refractivity contribution in [3.8, 4) is 5.75 Å². The summed E-state index contributed by atoms with van der Waals surface area (Å²) in [6.45, 7) is 4.22. The van der Waals surface area contributed by atoms with Gasteiger partial charge in [-0.15, -0.1) is 0 Å². The summed E-state index contributed by atoms with van der Waals surface area (Å²) >= 11 is 2.21. The second-order valence-corrected chi connectivity index (χ2v) is 6.07. The largest absolute Gasteiger partial charge is 0.493 e. The topological polar surface area (TPSA) is 32.8 Å². The molecule has 0 aromatic heterocycles. The first kappa shape index (κ1) is 14.6. The highest BCUT2D eigenvalue weighted by molar-refractivity contribution is 14.1. The lowest BCUT2D eigenvalue weighted by molar-refractivity contribution is 0.0399. The van der Waals surface area contributed by atoms with Crippen LogP contribution in [0.1, 0.15) is 17.3 Å². The fourth-order valence-electron chi connectivity index (χ4n) is 2.04. The van der Waals surface area contributed by atoms with E-state index in [9.17, 15) is 4.79 Å². The van der Waals surface area contributed by atoms with Crippen LogP contribution in [0.3, 0.4) is 0 Å². The predicted octanol–water partition coefficient (Wildman–Crippen LogP) is 2.08.